The van der Waals surface area contributed by atoms with Crippen LogP contribution in [0.15, 0.2) is 67.0 Å². The lowest BCUT2D eigenvalue weighted by molar-refractivity contribution is 0.314. The van der Waals surface area contributed by atoms with Crippen molar-refractivity contribution < 1.29 is 13.5 Å². The van der Waals surface area contributed by atoms with Crippen LogP contribution in [-0.4, -0.2) is 16.6 Å². The van der Waals surface area contributed by atoms with Gasteiger partial charge in [0.25, 0.3) is 0 Å². The summed E-state index contributed by atoms with van der Waals surface area (Å²) in [7, 11) is 0. The van der Waals surface area contributed by atoms with E-state index in [-0.39, 0.29) is 11.6 Å². The maximum Gasteiger partial charge on any atom is 0.155 e. The SMILES string of the molecule is CCCOc1cnc(CCc2ccc(C#Cc3ccc4cc(F)ccc4c3)c(F)c2)nc1. The lowest BCUT2D eigenvalue weighted by atomic mass is 10.0. The van der Waals surface area contributed by atoms with Gasteiger partial charge in [-0.1, -0.05) is 37.0 Å². The largest absolute Gasteiger partial charge is 0.490 e. The fraction of sp³-hybridized carbons (Fsp3) is 0.185. The highest BCUT2D eigenvalue weighted by Gasteiger charge is 2.05. The van der Waals surface area contributed by atoms with Crippen LogP contribution in [0.1, 0.15) is 35.9 Å². The first-order valence-electron chi connectivity index (χ1n) is 10.5. The van der Waals surface area contributed by atoms with Gasteiger partial charge >= 0.3 is 0 Å². The van der Waals surface area contributed by atoms with Crippen LogP contribution in [0, 0.1) is 23.5 Å². The van der Waals surface area contributed by atoms with Gasteiger partial charge in [-0.25, -0.2) is 18.7 Å². The van der Waals surface area contributed by atoms with E-state index in [1.165, 1.54) is 18.2 Å². The van der Waals surface area contributed by atoms with Crippen LogP contribution in [-0.2, 0) is 12.8 Å². The molecule has 0 amide bonds. The highest BCUT2D eigenvalue weighted by atomic mass is 19.1. The first-order valence-corrected chi connectivity index (χ1v) is 10.5. The van der Waals surface area contributed by atoms with E-state index in [1.807, 2.05) is 25.1 Å². The van der Waals surface area contributed by atoms with Crippen molar-refractivity contribution in [2.24, 2.45) is 0 Å². The van der Waals surface area contributed by atoms with Crippen molar-refractivity contribution in [3.63, 3.8) is 0 Å². The molecular formula is C27H22F2N2O. The Morgan fingerprint density at radius 2 is 1.62 bits per heavy atom. The number of ether oxygens (including phenoxy) is 1. The van der Waals surface area contributed by atoms with Gasteiger partial charge in [0.15, 0.2) is 5.75 Å². The number of aromatic nitrogens is 2. The summed E-state index contributed by atoms with van der Waals surface area (Å²) < 4.78 is 33.3. The Hall–Kier alpha value is -3.78. The van der Waals surface area contributed by atoms with Crippen LogP contribution in [0.2, 0.25) is 0 Å². The monoisotopic (exact) mass is 428 g/mol. The third kappa shape index (κ3) is 5.47. The number of aryl methyl sites for hydroxylation is 2. The van der Waals surface area contributed by atoms with Crippen molar-refractivity contribution in [1.29, 1.82) is 0 Å². The standard InChI is InChI=1S/C27H22F2N2O/c1-2-13-32-25-17-30-27(31-18-25)12-6-20-4-8-21(26(29)15-20)7-3-19-5-9-23-16-24(28)11-10-22(23)14-19/h4-5,8-11,14-18H,2,6,12-13H2,1H3. The molecule has 0 unspecified atom stereocenters. The second kappa shape index (κ2) is 10.0. The molecule has 1 heterocycles. The normalized spacial score (nSPS) is 10.6. The number of hydrogen-bond donors (Lipinski definition) is 0. The molecule has 3 aromatic carbocycles. The maximum absolute atomic E-state index is 14.6. The van der Waals surface area contributed by atoms with Crippen LogP contribution in [0.5, 0.6) is 5.75 Å². The van der Waals surface area contributed by atoms with Crippen molar-refractivity contribution >= 4 is 10.8 Å². The topological polar surface area (TPSA) is 35.0 Å². The van der Waals surface area contributed by atoms with Gasteiger partial charge in [0, 0.05) is 12.0 Å². The second-order valence-electron chi connectivity index (χ2n) is 7.45. The quantitative estimate of drug-likeness (QED) is 0.360. The van der Waals surface area contributed by atoms with Gasteiger partial charge in [-0.2, -0.15) is 0 Å². The molecule has 0 bridgehead atoms. The summed E-state index contributed by atoms with van der Waals surface area (Å²) in [6.07, 6.45) is 5.50. The molecule has 3 nitrogen and oxygen atoms in total. The van der Waals surface area contributed by atoms with Gasteiger partial charge in [-0.3, -0.25) is 0 Å². The van der Waals surface area contributed by atoms with E-state index in [0.717, 1.165) is 28.3 Å². The number of halogens is 2. The minimum absolute atomic E-state index is 0.275. The van der Waals surface area contributed by atoms with Gasteiger partial charge in [0.1, 0.15) is 17.5 Å². The Balaban J connectivity index is 1.41. The van der Waals surface area contributed by atoms with Crippen LogP contribution in [0.3, 0.4) is 0 Å². The molecule has 0 aliphatic heterocycles. The minimum Gasteiger partial charge on any atom is -0.490 e. The molecule has 4 rings (SSSR count). The molecule has 0 aliphatic rings. The average Bonchev–Trinajstić information content (AvgIpc) is 2.81. The molecule has 5 heteroatoms. The number of fused-ring (bicyclic) bond motifs is 1. The molecule has 0 N–H and O–H groups in total. The number of benzene rings is 3. The summed E-state index contributed by atoms with van der Waals surface area (Å²) in [5.41, 5.74) is 1.94. The molecule has 0 saturated heterocycles. The molecule has 0 aliphatic carbocycles. The molecule has 0 spiro atoms. The van der Waals surface area contributed by atoms with E-state index in [4.69, 9.17) is 4.74 Å². The smallest absolute Gasteiger partial charge is 0.155 e. The van der Waals surface area contributed by atoms with Gasteiger partial charge in [0.2, 0.25) is 0 Å². The summed E-state index contributed by atoms with van der Waals surface area (Å²) in [6, 6.07) is 15.2. The lowest BCUT2D eigenvalue weighted by Crippen LogP contribution is -2.01. The summed E-state index contributed by atoms with van der Waals surface area (Å²) in [6.45, 7) is 2.68. The Labute approximate surface area is 186 Å². The molecule has 1 aromatic heterocycles. The first kappa shape index (κ1) is 21.5. The Kier molecular flexibility index (Phi) is 6.72. The van der Waals surface area contributed by atoms with Crippen molar-refractivity contribution in [2.75, 3.05) is 6.61 Å². The van der Waals surface area contributed by atoms with Gasteiger partial charge in [0.05, 0.1) is 24.6 Å². The highest BCUT2D eigenvalue weighted by molar-refractivity contribution is 5.84. The Morgan fingerprint density at radius 3 is 2.41 bits per heavy atom. The molecule has 0 fully saturated rings. The fourth-order valence-electron chi connectivity index (χ4n) is 3.27. The third-order valence-corrected chi connectivity index (χ3v) is 4.97. The van der Waals surface area contributed by atoms with Crippen molar-refractivity contribution in [3.05, 3.63) is 101 Å². The average molecular weight is 428 g/mol. The maximum atomic E-state index is 14.6. The molecule has 0 saturated carbocycles. The van der Waals surface area contributed by atoms with E-state index in [1.54, 1.807) is 30.6 Å². The third-order valence-electron chi connectivity index (χ3n) is 4.97. The minimum atomic E-state index is -0.359. The zero-order chi connectivity index (χ0) is 22.3. The molecule has 0 radical (unpaired) electrons. The number of nitrogens with zero attached hydrogens (tertiary/aromatic N) is 2. The molecule has 32 heavy (non-hydrogen) atoms. The molecule has 0 atom stereocenters. The van der Waals surface area contributed by atoms with Crippen molar-refractivity contribution in [2.45, 2.75) is 26.2 Å². The highest BCUT2D eigenvalue weighted by Crippen LogP contribution is 2.18. The zero-order valence-electron chi connectivity index (χ0n) is 17.7. The summed E-state index contributed by atoms with van der Waals surface area (Å²) in [4.78, 5) is 8.61. The predicted octanol–water partition coefficient (Wildman–Crippen LogP) is 5.88. The van der Waals surface area contributed by atoms with Crippen molar-refractivity contribution in [1.82, 2.24) is 9.97 Å². The van der Waals surface area contributed by atoms with Gasteiger partial charge < -0.3 is 4.74 Å². The van der Waals surface area contributed by atoms with E-state index in [2.05, 4.69) is 21.8 Å². The summed E-state index contributed by atoms with van der Waals surface area (Å²) in [5, 5.41) is 1.69. The Bertz CT molecular complexity index is 1290. The van der Waals surface area contributed by atoms with Crippen molar-refractivity contribution in [3.8, 4) is 17.6 Å². The molecule has 4 aromatic rings. The van der Waals surface area contributed by atoms with E-state index in [9.17, 15) is 8.78 Å². The first-order chi connectivity index (χ1) is 15.6. The summed E-state index contributed by atoms with van der Waals surface area (Å²) >= 11 is 0. The van der Waals surface area contributed by atoms with Crippen LogP contribution in [0.4, 0.5) is 8.78 Å². The lowest BCUT2D eigenvalue weighted by Gasteiger charge is -2.05. The molecular weight excluding hydrogens is 406 g/mol. The van der Waals surface area contributed by atoms with E-state index < -0.39 is 0 Å². The second-order valence-corrected chi connectivity index (χ2v) is 7.45. The van der Waals surface area contributed by atoms with E-state index >= 15 is 0 Å². The Morgan fingerprint density at radius 1 is 0.844 bits per heavy atom. The predicted molar refractivity (Wildman–Crippen MR) is 122 cm³/mol. The van der Waals surface area contributed by atoms with Crippen LogP contribution < -0.4 is 4.74 Å². The van der Waals surface area contributed by atoms with Crippen LogP contribution in [0.25, 0.3) is 10.8 Å². The van der Waals surface area contributed by atoms with Crippen LogP contribution >= 0.6 is 0 Å². The van der Waals surface area contributed by atoms with E-state index in [0.29, 0.717) is 36.6 Å². The fourth-order valence-corrected chi connectivity index (χ4v) is 3.27. The number of rotatable bonds is 6. The number of hydrogen-bond acceptors (Lipinski definition) is 3. The summed E-state index contributed by atoms with van der Waals surface area (Å²) in [5.74, 6) is 6.59. The van der Waals surface area contributed by atoms with Gasteiger partial charge in [-0.05, 0) is 65.6 Å². The zero-order valence-corrected chi connectivity index (χ0v) is 17.7. The molecule has 160 valence electrons. The van der Waals surface area contributed by atoms with Gasteiger partial charge in [-0.15, -0.1) is 0 Å².